The summed E-state index contributed by atoms with van der Waals surface area (Å²) in [7, 11) is 1.55. The van der Waals surface area contributed by atoms with Crippen LogP contribution < -0.4 is 10.6 Å². The number of hydrogen-bond donors (Lipinski definition) is 4. The molecule has 6 rings (SSSR count). The number of aromatic nitrogens is 4. The van der Waals surface area contributed by atoms with E-state index >= 15 is 0 Å². The fraction of sp³-hybridized carbons (Fsp3) is 0.700. The van der Waals surface area contributed by atoms with Crippen LogP contribution in [0, 0.1) is 23.2 Å². The Morgan fingerprint density at radius 3 is 2.60 bits per heavy atom. The molecule has 2 aromatic rings. The molecule has 0 radical (unpaired) electrons. The van der Waals surface area contributed by atoms with Crippen LogP contribution in [0.1, 0.15) is 38.1 Å². The summed E-state index contributed by atoms with van der Waals surface area (Å²) >= 11 is 6.27. The maximum Gasteiger partial charge on any atom is 0.229 e. The number of carbonyl (C=O) groups is 1. The van der Waals surface area contributed by atoms with Crippen LogP contribution in [0.3, 0.4) is 0 Å². The van der Waals surface area contributed by atoms with Gasteiger partial charge in [0, 0.05) is 19.0 Å². The van der Waals surface area contributed by atoms with Gasteiger partial charge in [0.2, 0.25) is 11.2 Å². The molecule has 0 aliphatic heterocycles. The van der Waals surface area contributed by atoms with Gasteiger partial charge in [-0.05, 0) is 55.5 Å². The fourth-order valence-corrected chi connectivity index (χ4v) is 6.80. The first-order valence-corrected chi connectivity index (χ1v) is 11.1. The second-order valence-electron chi connectivity index (χ2n) is 9.37. The van der Waals surface area contributed by atoms with Gasteiger partial charge in [0.05, 0.1) is 23.9 Å². The predicted molar refractivity (Wildman–Crippen MR) is 109 cm³/mol. The molecule has 0 saturated heterocycles. The number of halogens is 1. The van der Waals surface area contributed by atoms with Crippen LogP contribution in [0.5, 0.6) is 0 Å². The number of hydrogen-bond acceptors (Lipinski definition) is 7. The van der Waals surface area contributed by atoms with Crippen molar-refractivity contribution in [3.63, 3.8) is 0 Å². The van der Waals surface area contributed by atoms with Gasteiger partial charge in [0.25, 0.3) is 0 Å². The number of rotatable bonds is 4. The quantitative estimate of drug-likeness (QED) is 0.533. The molecule has 4 aliphatic carbocycles. The number of fused-ring (bicyclic) bond motifs is 4. The van der Waals surface area contributed by atoms with Crippen LogP contribution in [0.2, 0.25) is 5.28 Å². The Morgan fingerprint density at radius 2 is 1.93 bits per heavy atom. The summed E-state index contributed by atoms with van der Waals surface area (Å²) in [5, 5.41) is 27.7. The predicted octanol–water partition coefficient (Wildman–Crippen LogP) is 1.11. The van der Waals surface area contributed by atoms with Crippen LogP contribution in [0.4, 0.5) is 5.82 Å². The summed E-state index contributed by atoms with van der Waals surface area (Å²) in [5.74, 6) is 1.52. The smallest absolute Gasteiger partial charge is 0.229 e. The molecule has 2 heterocycles. The molecule has 0 aromatic carbocycles. The van der Waals surface area contributed by atoms with Crippen molar-refractivity contribution in [3.8, 4) is 0 Å². The van der Waals surface area contributed by atoms with Gasteiger partial charge < -0.3 is 25.4 Å². The highest BCUT2D eigenvalue weighted by Gasteiger charge is 2.75. The summed E-state index contributed by atoms with van der Waals surface area (Å²) < 4.78 is 1.76. The van der Waals surface area contributed by atoms with E-state index in [2.05, 4.69) is 25.6 Å². The van der Waals surface area contributed by atoms with Crippen LogP contribution in [-0.2, 0) is 4.79 Å². The van der Waals surface area contributed by atoms with E-state index in [1.165, 1.54) is 25.7 Å². The van der Waals surface area contributed by atoms with E-state index in [-0.39, 0.29) is 17.1 Å². The minimum absolute atomic E-state index is 0.110. The van der Waals surface area contributed by atoms with Crippen LogP contribution in [0.25, 0.3) is 11.2 Å². The van der Waals surface area contributed by atoms with Gasteiger partial charge in [-0.15, -0.1) is 0 Å². The first-order valence-electron chi connectivity index (χ1n) is 10.7. The van der Waals surface area contributed by atoms with E-state index in [0.29, 0.717) is 41.3 Å². The summed E-state index contributed by atoms with van der Waals surface area (Å²) in [6, 6.07) is -0.115. The molecular formula is C20H25ClN6O3. The molecule has 30 heavy (non-hydrogen) atoms. The largest absolute Gasteiger partial charge is 0.389 e. The van der Waals surface area contributed by atoms with Crippen molar-refractivity contribution in [1.29, 1.82) is 0 Å². The lowest BCUT2D eigenvalue weighted by Gasteiger charge is -2.23. The van der Waals surface area contributed by atoms with Crippen LogP contribution in [0.15, 0.2) is 6.33 Å². The Morgan fingerprint density at radius 1 is 1.23 bits per heavy atom. The Bertz CT molecular complexity index is 1020. The van der Waals surface area contributed by atoms with Crippen molar-refractivity contribution < 1.29 is 15.0 Å². The summed E-state index contributed by atoms with van der Waals surface area (Å²) in [4.78, 5) is 25.8. The molecule has 9 nitrogen and oxygen atoms in total. The average Bonchev–Trinajstić information content (AvgIpc) is 2.99. The zero-order valence-corrected chi connectivity index (χ0v) is 17.4. The highest BCUT2D eigenvalue weighted by molar-refractivity contribution is 6.28. The Labute approximate surface area is 178 Å². The van der Waals surface area contributed by atoms with Crippen molar-refractivity contribution in [2.75, 3.05) is 12.4 Å². The van der Waals surface area contributed by atoms with E-state index in [0.717, 1.165) is 0 Å². The van der Waals surface area contributed by atoms with E-state index < -0.39 is 23.7 Å². The number of carbonyl (C=O) groups excluding carboxylic acids is 1. The molecule has 4 aliphatic rings. The summed E-state index contributed by atoms with van der Waals surface area (Å²) in [6.45, 7) is 0. The highest BCUT2D eigenvalue weighted by Crippen LogP contribution is 2.67. The first kappa shape index (κ1) is 18.8. The summed E-state index contributed by atoms with van der Waals surface area (Å²) in [5.41, 5.74) is 0.167. The van der Waals surface area contributed by atoms with Gasteiger partial charge in [0.15, 0.2) is 17.0 Å². The van der Waals surface area contributed by atoms with Gasteiger partial charge in [-0.25, -0.2) is 4.98 Å². The summed E-state index contributed by atoms with van der Waals surface area (Å²) in [6.07, 6.45) is 4.89. The number of imidazole rings is 1. The van der Waals surface area contributed by atoms with E-state index in [4.69, 9.17) is 11.6 Å². The molecule has 0 spiro atoms. The second kappa shape index (κ2) is 6.27. The van der Waals surface area contributed by atoms with Crippen molar-refractivity contribution in [1.82, 2.24) is 24.8 Å². The standard InChI is InChI=1S/C20H25ClN6O3/c1-22-18(30)20-6-10(20)13(14(28)15(20)29)27-7-23-12-16(25-19(21)26-17(12)27)24-11-8-2-3-9(11)5-4-8/h7-11,13-15,28-29H,2-6H2,1H3,(H,22,30)(H,24,25,26)/t8?,9?,10-,11?,13-,14+,15+,20+/m1/s1. The van der Waals surface area contributed by atoms with Gasteiger partial charge in [-0.2, -0.15) is 9.97 Å². The van der Waals surface area contributed by atoms with Crippen LogP contribution in [-0.4, -0.2) is 60.9 Å². The number of aliphatic hydroxyl groups excluding tert-OH is 2. The minimum Gasteiger partial charge on any atom is -0.389 e. The first-order chi connectivity index (χ1) is 14.5. The monoisotopic (exact) mass is 432 g/mol. The topological polar surface area (TPSA) is 125 Å². The van der Waals surface area contributed by atoms with E-state index in [9.17, 15) is 15.0 Å². The van der Waals surface area contributed by atoms with Gasteiger partial charge in [-0.3, -0.25) is 4.79 Å². The second-order valence-corrected chi connectivity index (χ2v) is 9.70. The lowest BCUT2D eigenvalue weighted by Crippen LogP contribution is -2.41. The van der Waals surface area contributed by atoms with Crippen molar-refractivity contribution in [2.45, 2.75) is 56.4 Å². The Kier molecular flexibility index (Phi) is 3.93. The SMILES string of the molecule is CNC(=O)[C@@]12C[C@@H]1[C@@H](n1cnc3c(NC4C5CCC4CC5)nc(Cl)nc31)[C@H](O)[C@@H]2O. The zero-order valence-electron chi connectivity index (χ0n) is 16.6. The number of nitrogens with one attached hydrogen (secondary N) is 2. The van der Waals surface area contributed by atoms with Crippen LogP contribution >= 0.6 is 11.6 Å². The number of amides is 1. The number of nitrogens with zero attached hydrogens (tertiary/aromatic N) is 4. The molecule has 160 valence electrons. The van der Waals surface area contributed by atoms with Gasteiger partial charge in [0.1, 0.15) is 6.10 Å². The molecule has 4 N–H and O–H groups in total. The normalized spacial score (nSPS) is 41.3. The highest BCUT2D eigenvalue weighted by atomic mass is 35.5. The Hall–Kier alpha value is -1.97. The molecule has 10 heteroatoms. The number of anilines is 1. The van der Waals surface area contributed by atoms with Gasteiger partial charge in [-0.1, -0.05) is 0 Å². The van der Waals surface area contributed by atoms with Gasteiger partial charge >= 0.3 is 0 Å². The molecule has 4 saturated carbocycles. The third kappa shape index (κ3) is 2.31. The fourth-order valence-electron chi connectivity index (χ4n) is 6.64. The molecule has 0 unspecified atom stereocenters. The van der Waals surface area contributed by atoms with Crippen molar-refractivity contribution in [2.24, 2.45) is 23.2 Å². The third-order valence-corrected chi connectivity index (χ3v) is 8.34. The maximum atomic E-state index is 12.4. The molecule has 2 aromatic heterocycles. The Balaban J connectivity index is 1.38. The lowest BCUT2D eigenvalue weighted by molar-refractivity contribution is -0.132. The lowest BCUT2D eigenvalue weighted by atomic mass is 9.98. The maximum absolute atomic E-state index is 12.4. The minimum atomic E-state index is -1.13. The van der Waals surface area contributed by atoms with E-state index in [1.54, 1.807) is 17.9 Å². The van der Waals surface area contributed by atoms with Crippen molar-refractivity contribution >= 4 is 34.5 Å². The average molecular weight is 433 g/mol. The van der Waals surface area contributed by atoms with E-state index in [1.807, 2.05) is 0 Å². The molecule has 1 amide bonds. The third-order valence-electron chi connectivity index (χ3n) is 8.17. The molecule has 5 atom stereocenters. The number of aliphatic hydroxyl groups is 2. The molecular weight excluding hydrogens is 408 g/mol. The van der Waals surface area contributed by atoms with Crippen molar-refractivity contribution in [3.05, 3.63) is 11.6 Å². The zero-order chi connectivity index (χ0) is 20.8. The molecule has 2 bridgehead atoms. The molecule has 4 fully saturated rings.